The van der Waals surface area contributed by atoms with Crippen LogP contribution in [0.1, 0.15) is 45.4 Å². The first-order chi connectivity index (χ1) is 16.5. The van der Waals surface area contributed by atoms with Crippen LogP contribution in [0.3, 0.4) is 0 Å². The average molecular weight is 462 g/mol. The molecule has 2 amide bonds. The SMILES string of the molecule is CC[C@H]1C[C@H]2CCC(NC(=O)Nc3cnc4ccc(-c5ccc(O)c(OC)c5)nc4n3)[C@H](C2)C1. The van der Waals surface area contributed by atoms with Gasteiger partial charge in [0.25, 0.3) is 0 Å². The lowest BCUT2D eigenvalue weighted by Crippen LogP contribution is -2.47. The Kier molecular flexibility index (Phi) is 6.22. The van der Waals surface area contributed by atoms with Gasteiger partial charge in [0.05, 0.1) is 19.0 Å². The maximum absolute atomic E-state index is 12.8. The second kappa shape index (κ2) is 9.44. The van der Waals surface area contributed by atoms with Gasteiger partial charge in [-0.15, -0.1) is 0 Å². The number of nitrogens with one attached hydrogen (secondary N) is 2. The summed E-state index contributed by atoms with van der Waals surface area (Å²) >= 11 is 0. The van der Waals surface area contributed by atoms with Crippen molar-refractivity contribution in [2.24, 2.45) is 17.8 Å². The van der Waals surface area contributed by atoms with E-state index in [-0.39, 0.29) is 17.8 Å². The number of fused-ring (bicyclic) bond motifs is 3. The van der Waals surface area contributed by atoms with E-state index < -0.39 is 0 Å². The highest BCUT2D eigenvalue weighted by molar-refractivity contribution is 5.89. The number of benzene rings is 1. The number of phenols is 1. The third-order valence-electron chi connectivity index (χ3n) is 7.41. The lowest BCUT2D eigenvalue weighted by Gasteiger charge is -2.43. The van der Waals surface area contributed by atoms with Crippen LogP contribution in [0.25, 0.3) is 22.4 Å². The van der Waals surface area contributed by atoms with Crippen LogP contribution in [-0.4, -0.2) is 39.2 Å². The lowest BCUT2D eigenvalue weighted by molar-refractivity contribution is 0.104. The molecule has 0 spiro atoms. The number of phenolic OH excluding ortho intramolecular Hbond substituents is 1. The fraction of sp³-hybridized carbons (Fsp3) is 0.462. The van der Waals surface area contributed by atoms with Crippen LogP contribution >= 0.6 is 0 Å². The number of carbonyl (C=O) groups excluding carboxylic acids is 1. The maximum atomic E-state index is 12.8. The number of hydrogen-bond donors (Lipinski definition) is 3. The van der Waals surface area contributed by atoms with Gasteiger partial charge in [-0.3, -0.25) is 5.32 Å². The first kappa shape index (κ1) is 22.4. The summed E-state index contributed by atoms with van der Waals surface area (Å²) in [5, 5.41) is 15.9. The summed E-state index contributed by atoms with van der Waals surface area (Å²) in [7, 11) is 1.50. The van der Waals surface area contributed by atoms with E-state index in [2.05, 4.69) is 32.5 Å². The van der Waals surface area contributed by atoms with E-state index in [1.807, 2.05) is 12.1 Å². The molecule has 0 radical (unpaired) electrons. The Morgan fingerprint density at radius 2 is 2.03 bits per heavy atom. The highest BCUT2D eigenvalue weighted by Gasteiger charge is 2.37. The third-order valence-corrected chi connectivity index (χ3v) is 7.41. The van der Waals surface area contributed by atoms with Crippen molar-refractivity contribution in [3.63, 3.8) is 0 Å². The van der Waals surface area contributed by atoms with Crippen LogP contribution < -0.4 is 15.4 Å². The van der Waals surface area contributed by atoms with Crippen LogP contribution in [0.4, 0.5) is 10.6 Å². The fourth-order valence-electron chi connectivity index (χ4n) is 5.63. The molecule has 3 N–H and O–H groups in total. The topological polar surface area (TPSA) is 109 Å². The standard InChI is InChI=1S/C26H31N5O3/c1-3-15-10-16-4-6-20(18(11-15)12-16)29-26(33)31-24-14-27-21-8-7-19(28-25(21)30-24)17-5-9-22(32)23(13-17)34-2/h5,7-9,13-16,18,20,32H,3-4,6,10-12H2,1-2H3,(H2,28,29,30,31,33)/t15-,16+,18-,20?/m0/s1. The molecule has 8 nitrogen and oxygen atoms in total. The van der Waals surface area contributed by atoms with E-state index >= 15 is 0 Å². The zero-order chi connectivity index (χ0) is 23.7. The molecular formula is C26H31N5O3. The number of amides is 2. The minimum Gasteiger partial charge on any atom is -0.504 e. The van der Waals surface area contributed by atoms with Crippen molar-refractivity contribution in [1.29, 1.82) is 0 Å². The second-order valence-electron chi connectivity index (χ2n) is 9.57. The normalized spacial score (nSPS) is 23.9. The summed E-state index contributed by atoms with van der Waals surface area (Å²) in [6.07, 6.45) is 8.81. The van der Waals surface area contributed by atoms with E-state index in [0.29, 0.717) is 34.3 Å². The highest BCUT2D eigenvalue weighted by atomic mass is 16.5. The highest BCUT2D eigenvalue weighted by Crippen LogP contribution is 2.43. The van der Waals surface area contributed by atoms with Crippen molar-refractivity contribution in [2.75, 3.05) is 12.4 Å². The second-order valence-corrected chi connectivity index (χ2v) is 9.57. The maximum Gasteiger partial charge on any atom is 0.320 e. The Bertz CT molecular complexity index is 1200. The Balaban J connectivity index is 1.30. The molecule has 178 valence electrons. The molecule has 0 aliphatic heterocycles. The van der Waals surface area contributed by atoms with Gasteiger partial charge in [-0.2, -0.15) is 0 Å². The van der Waals surface area contributed by atoms with E-state index in [9.17, 15) is 9.90 Å². The van der Waals surface area contributed by atoms with Gasteiger partial charge in [0.15, 0.2) is 23.0 Å². The molecule has 2 fully saturated rings. The molecule has 1 aromatic carbocycles. The smallest absolute Gasteiger partial charge is 0.320 e. The number of anilines is 1. The number of rotatable bonds is 5. The molecule has 2 aliphatic rings. The Morgan fingerprint density at radius 1 is 1.15 bits per heavy atom. The summed E-state index contributed by atoms with van der Waals surface area (Å²) in [6.45, 7) is 2.27. The minimum atomic E-state index is -0.241. The number of ether oxygens (including phenoxy) is 1. The predicted molar refractivity (Wildman–Crippen MR) is 131 cm³/mol. The molecule has 3 aromatic rings. The lowest BCUT2D eigenvalue weighted by atomic mass is 9.65. The van der Waals surface area contributed by atoms with Crippen molar-refractivity contribution in [2.45, 2.75) is 51.5 Å². The molecule has 2 saturated carbocycles. The van der Waals surface area contributed by atoms with Gasteiger partial charge < -0.3 is 15.2 Å². The first-order valence-corrected chi connectivity index (χ1v) is 12.1. The molecule has 0 saturated heterocycles. The average Bonchev–Trinajstić information content (AvgIpc) is 2.85. The van der Waals surface area contributed by atoms with Crippen LogP contribution in [0.15, 0.2) is 36.5 Å². The largest absolute Gasteiger partial charge is 0.504 e. The van der Waals surface area contributed by atoms with Crippen molar-refractivity contribution in [3.05, 3.63) is 36.5 Å². The third kappa shape index (κ3) is 4.62. The number of aromatic hydroxyl groups is 1. The molecule has 2 bridgehead atoms. The Morgan fingerprint density at radius 3 is 2.85 bits per heavy atom. The Hall–Kier alpha value is -3.42. The van der Waals surface area contributed by atoms with Crippen molar-refractivity contribution < 1.29 is 14.6 Å². The summed E-state index contributed by atoms with van der Waals surface area (Å²) in [4.78, 5) is 26.3. The number of hydrogen-bond acceptors (Lipinski definition) is 6. The Labute approximate surface area is 199 Å². The number of nitrogens with zero attached hydrogens (tertiary/aromatic N) is 3. The van der Waals surface area contributed by atoms with Crippen molar-refractivity contribution in [3.8, 4) is 22.8 Å². The zero-order valence-corrected chi connectivity index (χ0v) is 19.6. The van der Waals surface area contributed by atoms with Gasteiger partial charge in [0, 0.05) is 11.6 Å². The molecule has 2 heterocycles. The molecular weight excluding hydrogens is 430 g/mol. The summed E-state index contributed by atoms with van der Waals surface area (Å²) in [5.74, 6) is 2.98. The minimum absolute atomic E-state index is 0.0660. The number of carbonyl (C=O) groups is 1. The van der Waals surface area contributed by atoms with Gasteiger partial charge in [0.2, 0.25) is 0 Å². The number of methoxy groups -OCH3 is 1. The van der Waals surface area contributed by atoms with Crippen LogP contribution in [-0.2, 0) is 0 Å². The zero-order valence-electron chi connectivity index (χ0n) is 19.6. The molecule has 5 rings (SSSR count). The van der Waals surface area contributed by atoms with Gasteiger partial charge in [-0.05, 0) is 80.2 Å². The van der Waals surface area contributed by atoms with Crippen LogP contribution in [0.5, 0.6) is 11.5 Å². The van der Waals surface area contributed by atoms with E-state index in [1.54, 1.807) is 24.4 Å². The summed E-state index contributed by atoms with van der Waals surface area (Å²) in [6, 6.07) is 8.69. The molecule has 4 atom stereocenters. The molecule has 2 aromatic heterocycles. The first-order valence-electron chi connectivity index (χ1n) is 12.1. The molecule has 8 heteroatoms. The quantitative estimate of drug-likeness (QED) is 0.486. The summed E-state index contributed by atoms with van der Waals surface area (Å²) < 4.78 is 5.20. The number of pyridine rings is 1. The monoisotopic (exact) mass is 461 g/mol. The van der Waals surface area contributed by atoms with Crippen LogP contribution in [0, 0.1) is 17.8 Å². The molecule has 2 aliphatic carbocycles. The van der Waals surface area contributed by atoms with E-state index in [1.165, 1.54) is 39.2 Å². The van der Waals surface area contributed by atoms with Gasteiger partial charge in [0.1, 0.15) is 5.52 Å². The number of urea groups is 1. The van der Waals surface area contributed by atoms with Gasteiger partial charge in [-0.1, -0.05) is 13.3 Å². The van der Waals surface area contributed by atoms with Crippen molar-refractivity contribution in [1.82, 2.24) is 20.3 Å². The number of aromatic nitrogens is 3. The van der Waals surface area contributed by atoms with E-state index in [0.717, 1.165) is 23.8 Å². The predicted octanol–water partition coefficient (Wildman–Crippen LogP) is 5.13. The van der Waals surface area contributed by atoms with Crippen molar-refractivity contribution >= 4 is 23.0 Å². The van der Waals surface area contributed by atoms with Crippen LogP contribution in [0.2, 0.25) is 0 Å². The van der Waals surface area contributed by atoms with Gasteiger partial charge in [-0.25, -0.2) is 19.7 Å². The van der Waals surface area contributed by atoms with E-state index in [4.69, 9.17) is 4.74 Å². The van der Waals surface area contributed by atoms with Gasteiger partial charge >= 0.3 is 6.03 Å². The molecule has 1 unspecified atom stereocenters. The summed E-state index contributed by atoms with van der Waals surface area (Å²) in [5.41, 5.74) is 2.51. The molecule has 34 heavy (non-hydrogen) atoms. The fourth-order valence-corrected chi connectivity index (χ4v) is 5.63.